The van der Waals surface area contributed by atoms with Gasteiger partial charge in [0.2, 0.25) is 0 Å². The summed E-state index contributed by atoms with van der Waals surface area (Å²) in [4.78, 5) is 0. The highest BCUT2D eigenvalue weighted by Gasteiger charge is 2.08. The van der Waals surface area contributed by atoms with Crippen LogP contribution in [0.2, 0.25) is 5.02 Å². The van der Waals surface area contributed by atoms with Crippen LogP contribution in [0.15, 0.2) is 36.4 Å². The summed E-state index contributed by atoms with van der Waals surface area (Å²) in [7, 11) is 1.75. The van der Waals surface area contributed by atoms with Crippen molar-refractivity contribution in [2.45, 2.75) is 6.54 Å². The summed E-state index contributed by atoms with van der Waals surface area (Å²) in [6.45, 7) is 0.429. The highest BCUT2D eigenvalue weighted by Crippen LogP contribution is 2.29. The Bertz CT molecular complexity index is 570. The van der Waals surface area contributed by atoms with Crippen molar-refractivity contribution >= 4 is 11.6 Å². The third kappa shape index (κ3) is 2.68. The molecule has 18 heavy (non-hydrogen) atoms. The molecular formula is C14H12ClF2N. The van der Waals surface area contributed by atoms with E-state index in [1.54, 1.807) is 25.2 Å². The molecule has 94 valence electrons. The number of rotatable bonds is 3. The normalized spacial score (nSPS) is 10.7. The molecule has 0 heterocycles. The molecule has 0 atom stereocenters. The van der Waals surface area contributed by atoms with Gasteiger partial charge in [-0.15, -0.1) is 0 Å². The molecule has 1 nitrogen and oxygen atoms in total. The van der Waals surface area contributed by atoms with Crippen molar-refractivity contribution in [2.24, 2.45) is 0 Å². The zero-order chi connectivity index (χ0) is 13.1. The van der Waals surface area contributed by atoms with Crippen LogP contribution in [-0.2, 0) is 6.54 Å². The van der Waals surface area contributed by atoms with Crippen LogP contribution in [0.25, 0.3) is 11.1 Å². The van der Waals surface area contributed by atoms with E-state index in [4.69, 9.17) is 11.6 Å². The molecule has 0 amide bonds. The van der Waals surface area contributed by atoms with Gasteiger partial charge in [-0.2, -0.15) is 0 Å². The molecule has 0 saturated carbocycles. The Kier molecular flexibility index (Phi) is 3.94. The van der Waals surface area contributed by atoms with Gasteiger partial charge in [-0.1, -0.05) is 17.7 Å². The van der Waals surface area contributed by atoms with Crippen LogP contribution in [0.5, 0.6) is 0 Å². The van der Waals surface area contributed by atoms with E-state index < -0.39 is 0 Å². The lowest BCUT2D eigenvalue weighted by Gasteiger charge is -2.08. The molecule has 1 N–H and O–H groups in total. The summed E-state index contributed by atoms with van der Waals surface area (Å²) in [5.41, 5.74) is 2.01. The summed E-state index contributed by atoms with van der Waals surface area (Å²) in [5.74, 6) is -0.660. The first-order valence-electron chi connectivity index (χ1n) is 5.50. The van der Waals surface area contributed by atoms with Crippen LogP contribution in [0, 0.1) is 11.6 Å². The molecule has 2 aromatic rings. The molecular weight excluding hydrogens is 256 g/mol. The first-order valence-corrected chi connectivity index (χ1v) is 5.88. The van der Waals surface area contributed by atoms with Crippen LogP contribution in [0.4, 0.5) is 8.78 Å². The van der Waals surface area contributed by atoms with Gasteiger partial charge in [0, 0.05) is 17.7 Å². The molecule has 0 bridgehead atoms. The van der Waals surface area contributed by atoms with E-state index in [1.165, 1.54) is 18.2 Å². The first kappa shape index (κ1) is 13.0. The molecule has 0 spiro atoms. The Morgan fingerprint density at radius 1 is 1.11 bits per heavy atom. The van der Waals surface area contributed by atoms with Crippen LogP contribution >= 0.6 is 11.6 Å². The quantitative estimate of drug-likeness (QED) is 0.886. The minimum Gasteiger partial charge on any atom is -0.316 e. The second-order valence-electron chi connectivity index (χ2n) is 3.96. The van der Waals surface area contributed by atoms with Crippen molar-refractivity contribution in [1.29, 1.82) is 0 Å². The molecule has 2 aromatic carbocycles. The van der Waals surface area contributed by atoms with E-state index in [9.17, 15) is 8.78 Å². The van der Waals surface area contributed by atoms with E-state index in [2.05, 4.69) is 5.32 Å². The lowest BCUT2D eigenvalue weighted by molar-refractivity contribution is 0.601. The van der Waals surface area contributed by atoms with Gasteiger partial charge in [0.15, 0.2) is 0 Å². The summed E-state index contributed by atoms with van der Waals surface area (Å²) in [6, 6.07) is 8.91. The maximum absolute atomic E-state index is 13.5. The Morgan fingerprint density at radius 2 is 1.89 bits per heavy atom. The average molecular weight is 268 g/mol. The standard InChI is InChI=1S/C14H12ClF2N/c1-18-8-10-6-9(2-5-14(10)17)12-4-3-11(16)7-13(12)15/h2-7,18H,8H2,1H3. The minimum absolute atomic E-state index is 0.272. The van der Waals surface area contributed by atoms with Gasteiger partial charge in [0.05, 0.1) is 5.02 Å². The van der Waals surface area contributed by atoms with Gasteiger partial charge in [-0.25, -0.2) is 8.78 Å². The maximum atomic E-state index is 13.5. The lowest BCUT2D eigenvalue weighted by Crippen LogP contribution is -2.07. The van der Waals surface area contributed by atoms with Crippen molar-refractivity contribution in [3.63, 3.8) is 0 Å². The lowest BCUT2D eigenvalue weighted by atomic mass is 10.0. The van der Waals surface area contributed by atoms with Crippen molar-refractivity contribution in [2.75, 3.05) is 7.05 Å². The van der Waals surface area contributed by atoms with Crippen LogP contribution in [0.3, 0.4) is 0 Å². The topological polar surface area (TPSA) is 12.0 Å². The molecule has 4 heteroatoms. The minimum atomic E-state index is -0.388. The molecule has 0 aliphatic rings. The predicted molar refractivity (Wildman–Crippen MR) is 69.6 cm³/mol. The number of hydrogen-bond donors (Lipinski definition) is 1. The predicted octanol–water partition coefficient (Wildman–Crippen LogP) is 4.00. The zero-order valence-corrected chi connectivity index (χ0v) is 10.6. The third-order valence-electron chi connectivity index (χ3n) is 2.66. The van der Waals surface area contributed by atoms with Crippen molar-refractivity contribution < 1.29 is 8.78 Å². The van der Waals surface area contributed by atoms with Crippen molar-refractivity contribution in [3.05, 3.63) is 58.6 Å². The second-order valence-corrected chi connectivity index (χ2v) is 4.37. The molecule has 0 aliphatic carbocycles. The van der Waals surface area contributed by atoms with Gasteiger partial charge >= 0.3 is 0 Å². The number of nitrogens with one attached hydrogen (secondary N) is 1. The van der Waals surface area contributed by atoms with Gasteiger partial charge < -0.3 is 5.32 Å². The molecule has 0 aliphatic heterocycles. The van der Waals surface area contributed by atoms with E-state index >= 15 is 0 Å². The van der Waals surface area contributed by atoms with Crippen molar-refractivity contribution in [1.82, 2.24) is 5.32 Å². The van der Waals surface area contributed by atoms with Crippen molar-refractivity contribution in [3.8, 4) is 11.1 Å². The second kappa shape index (κ2) is 5.46. The Hall–Kier alpha value is -1.45. The molecule has 0 radical (unpaired) electrons. The smallest absolute Gasteiger partial charge is 0.127 e. The molecule has 0 aromatic heterocycles. The molecule has 2 rings (SSSR count). The fourth-order valence-corrected chi connectivity index (χ4v) is 2.07. The van der Waals surface area contributed by atoms with Gasteiger partial charge in [-0.3, -0.25) is 0 Å². The summed E-state index contributed by atoms with van der Waals surface area (Å²) in [5, 5.41) is 3.21. The van der Waals surface area contributed by atoms with E-state index in [0.717, 1.165) is 5.56 Å². The van der Waals surface area contributed by atoms with Gasteiger partial charge in [0.25, 0.3) is 0 Å². The zero-order valence-electron chi connectivity index (χ0n) is 9.81. The van der Waals surface area contributed by atoms with Gasteiger partial charge in [0.1, 0.15) is 11.6 Å². The molecule has 0 unspecified atom stereocenters. The maximum Gasteiger partial charge on any atom is 0.127 e. The highest BCUT2D eigenvalue weighted by atomic mass is 35.5. The average Bonchev–Trinajstić information content (AvgIpc) is 2.33. The van der Waals surface area contributed by atoms with E-state index in [-0.39, 0.29) is 11.6 Å². The summed E-state index contributed by atoms with van der Waals surface area (Å²) in [6.07, 6.45) is 0. The largest absolute Gasteiger partial charge is 0.316 e. The molecule has 0 saturated heterocycles. The van der Waals surface area contributed by atoms with Crippen LogP contribution in [0.1, 0.15) is 5.56 Å². The fourth-order valence-electron chi connectivity index (χ4n) is 1.79. The Morgan fingerprint density at radius 3 is 2.56 bits per heavy atom. The number of hydrogen-bond acceptors (Lipinski definition) is 1. The summed E-state index contributed by atoms with van der Waals surface area (Å²) < 4.78 is 26.5. The number of halogens is 3. The SMILES string of the molecule is CNCc1cc(-c2ccc(F)cc2Cl)ccc1F. The Labute approximate surface area is 109 Å². The van der Waals surface area contributed by atoms with E-state index in [0.29, 0.717) is 22.7 Å². The monoisotopic (exact) mass is 267 g/mol. The third-order valence-corrected chi connectivity index (χ3v) is 2.97. The number of benzene rings is 2. The first-order chi connectivity index (χ1) is 8.61. The molecule has 0 fully saturated rings. The summed E-state index contributed by atoms with van der Waals surface area (Å²) >= 11 is 5.98. The fraction of sp³-hybridized carbons (Fsp3) is 0.143. The van der Waals surface area contributed by atoms with Gasteiger partial charge in [-0.05, 0) is 42.9 Å². The Balaban J connectivity index is 2.47. The van der Waals surface area contributed by atoms with E-state index in [1.807, 2.05) is 0 Å². The van der Waals surface area contributed by atoms with Crippen LogP contribution in [-0.4, -0.2) is 7.05 Å². The van der Waals surface area contributed by atoms with Crippen LogP contribution < -0.4 is 5.32 Å². The highest BCUT2D eigenvalue weighted by molar-refractivity contribution is 6.33.